The molecular formula is C29H38N2O8-2. The summed E-state index contributed by atoms with van der Waals surface area (Å²) < 4.78 is 11.5. The maximum absolute atomic E-state index is 13.1. The topological polar surface area (TPSA) is 160 Å². The Balaban J connectivity index is 2.36. The highest BCUT2D eigenvalue weighted by molar-refractivity contribution is 6.00. The predicted octanol–water partition coefficient (Wildman–Crippen LogP) is 1.75. The van der Waals surface area contributed by atoms with Crippen molar-refractivity contribution in [2.45, 2.75) is 72.8 Å². The first-order valence-corrected chi connectivity index (χ1v) is 13.0. The van der Waals surface area contributed by atoms with Crippen molar-refractivity contribution in [3.8, 4) is 17.6 Å². The van der Waals surface area contributed by atoms with Gasteiger partial charge in [-0.1, -0.05) is 41.5 Å². The lowest BCUT2D eigenvalue weighted by atomic mass is 9.62. The van der Waals surface area contributed by atoms with Crippen molar-refractivity contribution in [1.29, 1.82) is 5.26 Å². The zero-order valence-electron chi connectivity index (χ0n) is 23.8. The predicted molar refractivity (Wildman–Crippen MR) is 137 cm³/mol. The van der Waals surface area contributed by atoms with E-state index in [4.69, 9.17) is 14.7 Å². The molecule has 2 rings (SSSR count). The van der Waals surface area contributed by atoms with Gasteiger partial charge in [0.25, 0.3) is 0 Å². The molecule has 0 radical (unpaired) electrons. The van der Waals surface area contributed by atoms with Gasteiger partial charge < -0.3 is 34.2 Å². The number of benzene rings is 1. The molecule has 0 spiro atoms. The summed E-state index contributed by atoms with van der Waals surface area (Å²) >= 11 is 0. The molecule has 0 bridgehead atoms. The smallest absolute Gasteiger partial charge is 0.225 e. The van der Waals surface area contributed by atoms with Crippen LogP contribution in [0.4, 0.5) is 0 Å². The minimum Gasteiger partial charge on any atom is -0.546 e. The fourth-order valence-corrected chi connectivity index (χ4v) is 5.43. The largest absolute Gasteiger partial charge is 0.546 e. The summed E-state index contributed by atoms with van der Waals surface area (Å²) in [5.74, 6) is -4.13. The molecule has 1 aliphatic carbocycles. The summed E-state index contributed by atoms with van der Waals surface area (Å²) in [5.41, 5.74) is -3.70. The van der Waals surface area contributed by atoms with Crippen molar-refractivity contribution >= 4 is 23.6 Å². The van der Waals surface area contributed by atoms with Crippen LogP contribution >= 0.6 is 0 Å². The number of carboxylic acids is 2. The molecule has 39 heavy (non-hydrogen) atoms. The SMILES string of the molecule is CN(CC(=O)c1ccc(OC(C(=O)[O-])(C(C)(C)C)C(C)(C)C)c(OCC(=O)[O-])c1)C(=O)C1CCC(C#N)CC1. The third-order valence-corrected chi connectivity index (χ3v) is 7.29. The van der Waals surface area contributed by atoms with Crippen molar-refractivity contribution in [2.24, 2.45) is 22.7 Å². The van der Waals surface area contributed by atoms with Gasteiger partial charge in [-0.15, -0.1) is 0 Å². The molecule has 1 fully saturated rings. The van der Waals surface area contributed by atoms with E-state index < -0.39 is 40.8 Å². The molecule has 1 aliphatic rings. The Bertz CT molecular complexity index is 1120. The standard InChI is InChI=1S/C29H40N2O8/c1-27(2,3)29(26(36)37,28(4,5)6)39-22-13-12-20(14-23(22)38-17-24(33)34)21(32)16-31(7)25(35)19-10-8-18(15-30)9-11-19/h12-14,18-19H,8-11,16-17H2,1-7H3,(H,33,34)(H,36,37)/p-2. The summed E-state index contributed by atoms with van der Waals surface area (Å²) in [6.45, 7) is 9.03. The van der Waals surface area contributed by atoms with Gasteiger partial charge in [-0.2, -0.15) is 5.26 Å². The Labute approximate surface area is 229 Å². The lowest BCUT2D eigenvalue weighted by molar-refractivity contribution is -0.337. The number of Topliss-reactive ketones (excluding diaryl/α,β-unsaturated/α-hetero) is 1. The van der Waals surface area contributed by atoms with Crippen LogP contribution in [0.25, 0.3) is 0 Å². The van der Waals surface area contributed by atoms with Crippen LogP contribution in [0.3, 0.4) is 0 Å². The van der Waals surface area contributed by atoms with Gasteiger partial charge in [0.2, 0.25) is 5.91 Å². The molecule has 0 aromatic heterocycles. The van der Waals surface area contributed by atoms with Crippen molar-refractivity contribution in [3.05, 3.63) is 23.8 Å². The van der Waals surface area contributed by atoms with Gasteiger partial charge in [-0.25, -0.2) is 0 Å². The Kier molecular flexibility index (Phi) is 9.77. The van der Waals surface area contributed by atoms with Crippen LogP contribution in [0.15, 0.2) is 18.2 Å². The maximum Gasteiger partial charge on any atom is 0.225 e. The van der Waals surface area contributed by atoms with Gasteiger partial charge in [-0.3, -0.25) is 9.59 Å². The number of ketones is 1. The number of nitriles is 1. The third kappa shape index (κ3) is 7.08. The highest BCUT2D eigenvalue weighted by Gasteiger charge is 2.55. The molecule has 1 aromatic carbocycles. The van der Waals surface area contributed by atoms with E-state index in [-0.39, 0.29) is 41.4 Å². The minimum atomic E-state index is -1.87. The molecule has 1 aromatic rings. The van der Waals surface area contributed by atoms with E-state index in [1.807, 2.05) is 0 Å². The van der Waals surface area contributed by atoms with Gasteiger partial charge in [0.1, 0.15) is 6.61 Å². The zero-order chi connectivity index (χ0) is 29.8. The highest BCUT2D eigenvalue weighted by Crippen LogP contribution is 2.48. The fraction of sp³-hybridized carbons (Fsp3) is 0.621. The van der Waals surface area contributed by atoms with E-state index in [2.05, 4.69) is 6.07 Å². The van der Waals surface area contributed by atoms with E-state index in [9.17, 15) is 29.4 Å². The monoisotopic (exact) mass is 542 g/mol. The van der Waals surface area contributed by atoms with Crippen molar-refractivity contribution in [1.82, 2.24) is 4.90 Å². The summed E-state index contributed by atoms with van der Waals surface area (Å²) in [6.07, 6.45) is 2.46. The number of nitrogens with zero attached hydrogens (tertiary/aromatic N) is 2. The van der Waals surface area contributed by atoms with E-state index in [1.54, 1.807) is 41.5 Å². The molecular weight excluding hydrogens is 504 g/mol. The lowest BCUT2D eigenvalue weighted by Gasteiger charge is -2.53. The van der Waals surface area contributed by atoms with E-state index in [0.29, 0.717) is 25.7 Å². The number of hydrogen-bond donors (Lipinski definition) is 0. The molecule has 214 valence electrons. The highest BCUT2D eigenvalue weighted by atomic mass is 16.6. The second-order valence-corrected chi connectivity index (χ2v) is 12.2. The molecule has 0 unspecified atom stereocenters. The van der Waals surface area contributed by atoms with Gasteiger partial charge in [-0.05, 0) is 43.9 Å². The number of aliphatic carboxylic acids is 2. The second-order valence-electron chi connectivity index (χ2n) is 12.2. The number of carbonyl (C=O) groups is 4. The number of amides is 1. The van der Waals surface area contributed by atoms with Crippen LogP contribution in [0.5, 0.6) is 11.5 Å². The fourth-order valence-electron chi connectivity index (χ4n) is 5.43. The molecule has 0 aliphatic heterocycles. The van der Waals surface area contributed by atoms with Gasteiger partial charge in [0, 0.05) is 35.3 Å². The van der Waals surface area contributed by atoms with Crippen molar-refractivity contribution in [3.63, 3.8) is 0 Å². The third-order valence-electron chi connectivity index (χ3n) is 7.29. The molecule has 10 heteroatoms. The molecule has 0 N–H and O–H groups in total. The van der Waals surface area contributed by atoms with E-state index in [0.717, 1.165) is 0 Å². The Morgan fingerprint density at radius 2 is 1.54 bits per heavy atom. The first kappa shape index (κ1) is 31.6. The number of ether oxygens (including phenoxy) is 2. The van der Waals surface area contributed by atoms with Crippen LogP contribution in [0.2, 0.25) is 0 Å². The quantitative estimate of drug-likeness (QED) is 0.401. The second kappa shape index (κ2) is 12.1. The first-order valence-electron chi connectivity index (χ1n) is 13.0. The summed E-state index contributed by atoms with van der Waals surface area (Å²) in [4.78, 5) is 51.0. The summed E-state index contributed by atoms with van der Waals surface area (Å²) in [6, 6.07) is 6.25. The van der Waals surface area contributed by atoms with E-state index in [1.165, 1.54) is 30.1 Å². The Morgan fingerprint density at radius 1 is 0.974 bits per heavy atom. The summed E-state index contributed by atoms with van der Waals surface area (Å²) in [7, 11) is 1.53. The normalized spacial score (nSPS) is 18.0. The molecule has 1 amide bonds. The first-order chi connectivity index (χ1) is 17.9. The van der Waals surface area contributed by atoms with Crippen LogP contribution < -0.4 is 19.7 Å². The molecule has 10 nitrogen and oxygen atoms in total. The van der Waals surface area contributed by atoms with Crippen LogP contribution in [0, 0.1) is 34.0 Å². The maximum atomic E-state index is 13.1. The Hall–Kier alpha value is -3.61. The van der Waals surface area contributed by atoms with Crippen LogP contribution in [-0.2, 0) is 14.4 Å². The number of rotatable bonds is 10. The Morgan fingerprint density at radius 3 is 2.00 bits per heavy atom. The molecule has 0 heterocycles. The molecule has 0 atom stereocenters. The zero-order valence-corrected chi connectivity index (χ0v) is 23.8. The number of carbonyl (C=O) groups excluding carboxylic acids is 4. The molecule has 0 saturated heterocycles. The van der Waals surface area contributed by atoms with E-state index >= 15 is 0 Å². The minimum absolute atomic E-state index is 0.0478. The summed E-state index contributed by atoms with van der Waals surface area (Å²) in [5, 5.41) is 32.7. The number of likely N-dealkylation sites (N-methyl/N-ethyl adjacent to an activating group) is 1. The lowest BCUT2D eigenvalue weighted by Crippen LogP contribution is -2.67. The van der Waals surface area contributed by atoms with Gasteiger partial charge in [0.15, 0.2) is 22.9 Å². The van der Waals surface area contributed by atoms with Crippen LogP contribution in [0.1, 0.15) is 77.6 Å². The van der Waals surface area contributed by atoms with Crippen molar-refractivity contribution < 1.29 is 38.9 Å². The average Bonchev–Trinajstić information content (AvgIpc) is 2.83. The number of carboxylic acid groups (broad SMARTS) is 2. The average molecular weight is 543 g/mol. The van der Waals surface area contributed by atoms with Gasteiger partial charge >= 0.3 is 0 Å². The molecule has 1 saturated carbocycles. The van der Waals surface area contributed by atoms with Crippen LogP contribution in [-0.4, -0.2) is 54.3 Å². The van der Waals surface area contributed by atoms with Gasteiger partial charge in [0.05, 0.1) is 24.6 Å². The number of hydrogen-bond acceptors (Lipinski definition) is 9. The van der Waals surface area contributed by atoms with Crippen molar-refractivity contribution in [2.75, 3.05) is 20.2 Å².